The van der Waals surface area contributed by atoms with Crippen molar-refractivity contribution < 1.29 is 14.3 Å². The van der Waals surface area contributed by atoms with Crippen LogP contribution in [0.1, 0.15) is 23.2 Å². The summed E-state index contributed by atoms with van der Waals surface area (Å²) < 4.78 is 11.4. The number of hydrogen-bond donors (Lipinski definition) is 1. The molecule has 3 aromatic carbocycles. The average Bonchev–Trinajstić information content (AvgIpc) is 3.47. The van der Waals surface area contributed by atoms with Crippen molar-refractivity contribution in [3.05, 3.63) is 72.3 Å². The smallest absolute Gasteiger partial charge is 0.258 e. The summed E-state index contributed by atoms with van der Waals surface area (Å²) in [6.07, 6.45) is 2.26. The molecule has 1 amide bonds. The van der Waals surface area contributed by atoms with Crippen molar-refractivity contribution in [1.29, 1.82) is 0 Å². The van der Waals surface area contributed by atoms with E-state index in [4.69, 9.17) is 19.4 Å². The summed E-state index contributed by atoms with van der Waals surface area (Å²) in [7, 11) is 5.68. The van der Waals surface area contributed by atoms with Gasteiger partial charge in [0.05, 0.1) is 18.1 Å². The van der Waals surface area contributed by atoms with Gasteiger partial charge in [-0.05, 0) is 80.5 Å². The zero-order valence-corrected chi connectivity index (χ0v) is 22.1. The highest BCUT2D eigenvalue weighted by molar-refractivity contribution is 6.05. The third-order valence-electron chi connectivity index (χ3n) is 6.61. The van der Waals surface area contributed by atoms with Crippen LogP contribution in [0, 0.1) is 0 Å². The molecule has 1 aliphatic rings. The Kier molecular flexibility index (Phi) is 7.70. The number of benzene rings is 3. The molecule has 0 aliphatic carbocycles. The lowest BCUT2D eigenvalue weighted by atomic mass is 10.0. The second-order valence-electron chi connectivity index (χ2n) is 9.67. The zero-order valence-electron chi connectivity index (χ0n) is 22.1. The number of nitrogens with one attached hydrogen (secondary N) is 1. The SMILES string of the molecule is COc1cccc(-c2ccc(C(=O)Nc3ccc4nc(OCCN(C)C)c(N5CCCC5)nc4c3)cc2)c1. The van der Waals surface area contributed by atoms with E-state index in [1.807, 2.05) is 80.8 Å². The molecule has 0 atom stereocenters. The van der Waals surface area contributed by atoms with Crippen molar-refractivity contribution in [3.63, 3.8) is 0 Å². The Labute approximate surface area is 223 Å². The lowest BCUT2D eigenvalue weighted by Crippen LogP contribution is -2.23. The average molecular weight is 512 g/mol. The molecule has 4 aromatic rings. The lowest BCUT2D eigenvalue weighted by molar-refractivity contribution is 0.102. The molecule has 1 aromatic heterocycles. The fourth-order valence-electron chi connectivity index (χ4n) is 4.48. The van der Waals surface area contributed by atoms with E-state index in [2.05, 4.69) is 15.1 Å². The number of likely N-dealkylation sites (N-methyl/N-ethyl adjacent to an activating group) is 1. The van der Waals surface area contributed by atoms with E-state index in [0.717, 1.165) is 66.2 Å². The first-order valence-electron chi connectivity index (χ1n) is 12.9. The van der Waals surface area contributed by atoms with Crippen LogP contribution in [0.4, 0.5) is 11.5 Å². The number of amides is 1. The Bertz CT molecular complexity index is 1420. The number of rotatable bonds is 9. The van der Waals surface area contributed by atoms with Crippen molar-refractivity contribution >= 4 is 28.4 Å². The van der Waals surface area contributed by atoms with Gasteiger partial charge in [-0.2, -0.15) is 0 Å². The normalized spacial score (nSPS) is 13.2. The Hall–Kier alpha value is -4.17. The predicted molar refractivity (Wildman–Crippen MR) is 151 cm³/mol. The number of anilines is 2. The second-order valence-corrected chi connectivity index (χ2v) is 9.67. The molecule has 1 N–H and O–H groups in total. The summed E-state index contributed by atoms with van der Waals surface area (Å²) in [6.45, 7) is 3.21. The fourth-order valence-corrected chi connectivity index (χ4v) is 4.48. The van der Waals surface area contributed by atoms with Gasteiger partial charge in [0.25, 0.3) is 11.8 Å². The number of ether oxygens (including phenoxy) is 2. The molecule has 196 valence electrons. The Morgan fingerprint density at radius 2 is 1.74 bits per heavy atom. The fraction of sp³-hybridized carbons (Fsp3) is 0.300. The van der Waals surface area contributed by atoms with E-state index in [1.165, 1.54) is 0 Å². The van der Waals surface area contributed by atoms with Crippen LogP contribution in [-0.2, 0) is 0 Å². The first-order chi connectivity index (χ1) is 18.5. The summed E-state index contributed by atoms with van der Waals surface area (Å²) in [5, 5.41) is 3.00. The standard InChI is InChI=1S/C30H33N5O3/c1-34(2)17-18-38-30-28(35-15-4-5-16-35)32-27-20-24(13-14-26(27)33-30)31-29(36)22-11-9-21(10-12-22)23-7-6-8-25(19-23)37-3/h6-14,19-20H,4-5,15-18H2,1-3H3,(H,31,36). The minimum Gasteiger partial charge on any atom is -0.497 e. The summed E-state index contributed by atoms with van der Waals surface area (Å²) in [5.41, 5.74) is 4.74. The number of aromatic nitrogens is 2. The van der Waals surface area contributed by atoms with Gasteiger partial charge in [-0.3, -0.25) is 4.79 Å². The number of carbonyl (C=O) groups is 1. The summed E-state index contributed by atoms with van der Waals surface area (Å²) >= 11 is 0. The molecular formula is C30H33N5O3. The maximum atomic E-state index is 13.0. The van der Waals surface area contributed by atoms with Gasteiger partial charge < -0.3 is 24.6 Å². The van der Waals surface area contributed by atoms with Crippen LogP contribution >= 0.6 is 0 Å². The molecule has 0 spiro atoms. The second kappa shape index (κ2) is 11.5. The minimum atomic E-state index is -0.182. The van der Waals surface area contributed by atoms with E-state index >= 15 is 0 Å². The van der Waals surface area contributed by atoms with Gasteiger partial charge in [-0.25, -0.2) is 9.97 Å². The maximum Gasteiger partial charge on any atom is 0.258 e. The number of nitrogens with zero attached hydrogens (tertiary/aromatic N) is 4. The molecule has 0 unspecified atom stereocenters. The third kappa shape index (κ3) is 5.86. The van der Waals surface area contributed by atoms with E-state index in [1.54, 1.807) is 7.11 Å². The van der Waals surface area contributed by atoms with E-state index < -0.39 is 0 Å². The lowest BCUT2D eigenvalue weighted by Gasteiger charge is -2.20. The monoisotopic (exact) mass is 511 g/mol. The molecule has 2 heterocycles. The third-order valence-corrected chi connectivity index (χ3v) is 6.61. The zero-order chi connectivity index (χ0) is 26.5. The quantitative estimate of drug-likeness (QED) is 0.335. The maximum absolute atomic E-state index is 13.0. The Morgan fingerprint density at radius 1 is 0.947 bits per heavy atom. The molecule has 8 nitrogen and oxygen atoms in total. The highest BCUT2D eigenvalue weighted by Crippen LogP contribution is 2.31. The van der Waals surface area contributed by atoms with Crippen molar-refractivity contribution in [2.24, 2.45) is 0 Å². The van der Waals surface area contributed by atoms with Gasteiger partial charge in [-0.1, -0.05) is 24.3 Å². The number of carbonyl (C=O) groups excluding carboxylic acids is 1. The van der Waals surface area contributed by atoms with E-state index in [-0.39, 0.29) is 5.91 Å². The van der Waals surface area contributed by atoms with Gasteiger partial charge in [-0.15, -0.1) is 0 Å². The van der Waals surface area contributed by atoms with Crippen LogP contribution in [0.25, 0.3) is 22.2 Å². The molecule has 0 saturated carbocycles. The number of hydrogen-bond acceptors (Lipinski definition) is 7. The molecule has 0 bridgehead atoms. The topological polar surface area (TPSA) is 79.8 Å². The van der Waals surface area contributed by atoms with Gasteiger partial charge >= 0.3 is 0 Å². The largest absolute Gasteiger partial charge is 0.497 e. The van der Waals surface area contributed by atoms with Crippen molar-refractivity contribution in [3.8, 4) is 22.8 Å². The predicted octanol–water partition coefficient (Wildman–Crippen LogP) is 5.10. The first-order valence-corrected chi connectivity index (χ1v) is 12.9. The number of fused-ring (bicyclic) bond motifs is 1. The molecule has 1 fully saturated rings. The highest BCUT2D eigenvalue weighted by atomic mass is 16.5. The molecule has 8 heteroatoms. The molecule has 0 radical (unpaired) electrons. The van der Waals surface area contributed by atoms with E-state index in [9.17, 15) is 4.79 Å². The Morgan fingerprint density at radius 3 is 2.47 bits per heavy atom. The molecule has 1 aliphatic heterocycles. The summed E-state index contributed by atoms with van der Waals surface area (Å²) in [6, 6.07) is 21.0. The van der Waals surface area contributed by atoms with Crippen LogP contribution in [0.2, 0.25) is 0 Å². The van der Waals surface area contributed by atoms with Gasteiger partial charge in [0, 0.05) is 30.9 Å². The van der Waals surface area contributed by atoms with Crippen LogP contribution in [0.3, 0.4) is 0 Å². The molecule has 1 saturated heterocycles. The molecular weight excluding hydrogens is 478 g/mol. The molecule has 5 rings (SSSR count). The summed E-state index contributed by atoms with van der Waals surface area (Å²) in [5.74, 6) is 1.95. The van der Waals surface area contributed by atoms with Crippen LogP contribution in [0.15, 0.2) is 66.7 Å². The minimum absolute atomic E-state index is 0.182. The van der Waals surface area contributed by atoms with Gasteiger partial charge in [0.2, 0.25) is 0 Å². The Balaban J connectivity index is 1.34. The van der Waals surface area contributed by atoms with Gasteiger partial charge in [0.1, 0.15) is 12.4 Å². The van der Waals surface area contributed by atoms with Crippen molar-refractivity contribution in [2.75, 3.05) is 57.7 Å². The van der Waals surface area contributed by atoms with Crippen molar-refractivity contribution in [1.82, 2.24) is 14.9 Å². The first kappa shape index (κ1) is 25.5. The summed E-state index contributed by atoms with van der Waals surface area (Å²) in [4.78, 5) is 27.0. The molecule has 38 heavy (non-hydrogen) atoms. The van der Waals surface area contributed by atoms with Gasteiger partial charge in [0.15, 0.2) is 5.82 Å². The number of methoxy groups -OCH3 is 1. The van der Waals surface area contributed by atoms with Crippen LogP contribution < -0.4 is 19.7 Å². The van der Waals surface area contributed by atoms with E-state index in [0.29, 0.717) is 23.7 Å². The highest BCUT2D eigenvalue weighted by Gasteiger charge is 2.21. The van der Waals surface area contributed by atoms with Crippen LogP contribution in [-0.4, -0.2) is 68.2 Å². The van der Waals surface area contributed by atoms with Crippen molar-refractivity contribution in [2.45, 2.75) is 12.8 Å². The van der Waals surface area contributed by atoms with Crippen LogP contribution in [0.5, 0.6) is 11.6 Å².